The Morgan fingerprint density at radius 1 is 1.05 bits per heavy atom. The summed E-state index contributed by atoms with van der Waals surface area (Å²) in [5.74, 6) is 0.0578. The zero-order valence-corrected chi connectivity index (χ0v) is 26.2. The number of esters is 1. The molecule has 10 heteroatoms. The van der Waals surface area contributed by atoms with Crippen LogP contribution in [0.2, 0.25) is 5.02 Å². The molecule has 3 rings (SSSR count). The second-order valence-electron chi connectivity index (χ2n) is 11.6. The van der Waals surface area contributed by atoms with Crippen LogP contribution in [0.1, 0.15) is 70.6 Å². The molecule has 2 amide bonds. The first-order chi connectivity index (χ1) is 19.9. The fourth-order valence-corrected chi connectivity index (χ4v) is 5.38. The van der Waals surface area contributed by atoms with Gasteiger partial charge in [0.1, 0.15) is 6.10 Å². The Balaban J connectivity index is 1.84. The number of halogens is 1. The molecule has 0 spiro atoms. The summed E-state index contributed by atoms with van der Waals surface area (Å²) in [6.45, 7) is 9.43. The zero-order valence-electron chi connectivity index (χ0n) is 25.4. The Labute approximate surface area is 253 Å². The van der Waals surface area contributed by atoms with Crippen molar-refractivity contribution in [1.82, 2.24) is 4.90 Å². The second kappa shape index (κ2) is 14.7. The number of aliphatic hydroxyl groups excluding tert-OH is 1. The smallest absolute Gasteiger partial charge is 0.309 e. The van der Waals surface area contributed by atoms with E-state index in [-0.39, 0.29) is 42.0 Å². The molecule has 0 saturated carbocycles. The molecule has 0 bridgehead atoms. The number of piperidine rings is 1. The molecule has 9 nitrogen and oxygen atoms in total. The van der Waals surface area contributed by atoms with Gasteiger partial charge in [-0.05, 0) is 49.4 Å². The van der Waals surface area contributed by atoms with Crippen LogP contribution >= 0.6 is 11.6 Å². The number of aliphatic hydroxyl groups is 1. The Hall–Kier alpha value is -3.30. The maximum atomic E-state index is 13.8. The van der Waals surface area contributed by atoms with E-state index in [1.54, 1.807) is 53.1 Å². The Morgan fingerprint density at radius 2 is 1.74 bits per heavy atom. The third kappa shape index (κ3) is 8.38. The lowest BCUT2D eigenvalue weighted by Gasteiger charge is -2.33. The molecule has 1 saturated heterocycles. The summed E-state index contributed by atoms with van der Waals surface area (Å²) in [6, 6.07) is 10.3. The molecule has 2 aromatic carbocycles. The largest absolute Gasteiger partial charge is 0.493 e. The van der Waals surface area contributed by atoms with E-state index in [1.165, 1.54) is 14.2 Å². The molecule has 1 aliphatic heterocycles. The predicted octanol–water partition coefficient (Wildman–Crippen LogP) is 5.40. The van der Waals surface area contributed by atoms with Crippen LogP contribution in [0.3, 0.4) is 0 Å². The predicted molar refractivity (Wildman–Crippen MR) is 162 cm³/mol. The van der Waals surface area contributed by atoms with Crippen molar-refractivity contribution in [3.05, 3.63) is 52.5 Å². The number of rotatable bonds is 11. The lowest BCUT2D eigenvalue weighted by molar-refractivity contribution is -0.151. The van der Waals surface area contributed by atoms with Gasteiger partial charge in [-0.1, -0.05) is 44.5 Å². The van der Waals surface area contributed by atoms with Gasteiger partial charge in [0, 0.05) is 54.3 Å². The van der Waals surface area contributed by atoms with Gasteiger partial charge in [-0.25, -0.2) is 0 Å². The van der Waals surface area contributed by atoms with Gasteiger partial charge in [-0.3, -0.25) is 14.4 Å². The number of likely N-dealkylation sites (tertiary alicyclic amines) is 1. The first kappa shape index (κ1) is 33.2. The minimum absolute atomic E-state index is 0.00659. The maximum absolute atomic E-state index is 13.8. The summed E-state index contributed by atoms with van der Waals surface area (Å²) in [5.41, 5.74) is 1.10. The lowest BCUT2D eigenvalue weighted by Crippen LogP contribution is -2.42. The number of hydrogen-bond acceptors (Lipinski definition) is 7. The lowest BCUT2D eigenvalue weighted by atomic mass is 9.93. The standard InChI is InChI=1S/C32H43ClN2O7/c1-7-42-31(39)21-15-17-34(18-16-21)27(36)13-14-28(37)35(20-32(2,3)4)25-12-11-22(33)19-24(25)29(38)23-9-8-10-26(40-5)30(23)41-6/h8-12,19,21,29,38H,7,13-18,20H2,1-6H3. The van der Waals surface area contributed by atoms with E-state index in [1.807, 2.05) is 20.8 Å². The van der Waals surface area contributed by atoms with E-state index >= 15 is 0 Å². The summed E-state index contributed by atoms with van der Waals surface area (Å²) in [5, 5.41) is 12.0. The van der Waals surface area contributed by atoms with Crippen LogP contribution in [-0.2, 0) is 19.1 Å². The van der Waals surface area contributed by atoms with Gasteiger partial charge in [0.05, 0.1) is 26.7 Å². The minimum Gasteiger partial charge on any atom is -0.493 e. The van der Waals surface area contributed by atoms with Crippen LogP contribution in [0, 0.1) is 11.3 Å². The number of para-hydroxylation sites is 1. The molecule has 0 radical (unpaired) electrons. The highest BCUT2D eigenvalue weighted by Gasteiger charge is 2.31. The van der Waals surface area contributed by atoms with Crippen molar-refractivity contribution in [3.63, 3.8) is 0 Å². The van der Waals surface area contributed by atoms with Crippen molar-refractivity contribution >= 4 is 35.1 Å². The number of carbonyl (C=O) groups is 3. The van der Waals surface area contributed by atoms with Gasteiger partial charge in [-0.15, -0.1) is 0 Å². The summed E-state index contributed by atoms with van der Waals surface area (Å²) >= 11 is 6.38. The molecule has 230 valence electrons. The van der Waals surface area contributed by atoms with Crippen LogP contribution in [-0.4, -0.2) is 68.3 Å². The van der Waals surface area contributed by atoms with Gasteiger partial charge in [-0.2, -0.15) is 0 Å². The summed E-state index contributed by atoms with van der Waals surface area (Å²) in [6.07, 6.45) is -0.0454. The summed E-state index contributed by atoms with van der Waals surface area (Å²) in [7, 11) is 3.02. The van der Waals surface area contributed by atoms with Crippen molar-refractivity contribution in [1.29, 1.82) is 0 Å². The van der Waals surface area contributed by atoms with E-state index in [4.69, 9.17) is 25.8 Å². The quantitative estimate of drug-likeness (QED) is 0.343. The number of ether oxygens (including phenoxy) is 3. The molecule has 1 fully saturated rings. The highest BCUT2D eigenvalue weighted by atomic mass is 35.5. The third-order valence-electron chi connectivity index (χ3n) is 7.26. The van der Waals surface area contributed by atoms with Crippen molar-refractivity contribution in [2.75, 3.05) is 45.4 Å². The average molecular weight is 603 g/mol. The Morgan fingerprint density at radius 3 is 2.33 bits per heavy atom. The molecular weight excluding hydrogens is 560 g/mol. The van der Waals surface area contributed by atoms with Crippen LogP contribution in [0.25, 0.3) is 0 Å². The Kier molecular flexibility index (Phi) is 11.7. The van der Waals surface area contributed by atoms with Crippen molar-refractivity contribution < 1.29 is 33.7 Å². The normalized spacial score (nSPS) is 14.7. The number of methoxy groups -OCH3 is 2. The number of benzene rings is 2. The molecule has 42 heavy (non-hydrogen) atoms. The van der Waals surface area contributed by atoms with Crippen molar-refractivity contribution in [3.8, 4) is 11.5 Å². The van der Waals surface area contributed by atoms with Crippen LogP contribution in [0.4, 0.5) is 5.69 Å². The van der Waals surface area contributed by atoms with Crippen LogP contribution in [0.15, 0.2) is 36.4 Å². The van der Waals surface area contributed by atoms with Gasteiger partial charge in [0.2, 0.25) is 11.8 Å². The molecule has 1 atom stereocenters. The highest BCUT2D eigenvalue weighted by molar-refractivity contribution is 6.30. The average Bonchev–Trinajstić information content (AvgIpc) is 2.97. The number of hydrogen-bond donors (Lipinski definition) is 1. The molecule has 2 aromatic rings. The summed E-state index contributed by atoms with van der Waals surface area (Å²) < 4.78 is 16.1. The third-order valence-corrected chi connectivity index (χ3v) is 7.49. The number of carbonyl (C=O) groups excluding carboxylic acids is 3. The fourth-order valence-electron chi connectivity index (χ4n) is 5.20. The first-order valence-electron chi connectivity index (χ1n) is 14.3. The molecular formula is C32H43ClN2O7. The molecule has 1 aliphatic rings. The fraction of sp³-hybridized carbons (Fsp3) is 0.531. The van der Waals surface area contributed by atoms with Gasteiger partial charge in [0.25, 0.3) is 0 Å². The van der Waals surface area contributed by atoms with Crippen LogP contribution < -0.4 is 14.4 Å². The molecule has 0 aromatic heterocycles. The van der Waals surface area contributed by atoms with Gasteiger partial charge < -0.3 is 29.1 Å². The topological polar surface area (TPSA) is 106 Å². The highest BCUT2D eigenvalue weighted by Crippen LogP contribution is 2.41. The molecule has 1 heterocycles. The molecule has 1 N–H and O–H groups in total. The van der Waals surface area contributed by atoms with E-state index < -0.39 is 6.10 Å². The number of nitrogens with zero attached hydrogens (tertiary/aromatic N) is 2. The van der Waals surface area contributed by atoms with E-state index in [2.05, 4.69) is 0 Å². The second-order valence-corrected chi connectivity index (χ2v) is 12.1. The molecule has 1 unspecified atom stereocenters. The number of anilines is 1. The maximum Gasteiger partial charge on any atom is 0.309 e. The minimum atomic E-state index is -1.18. The zero-order chi connectivity index (χ0) is 31.0. The van der Waals surface area contributed by atoms with E-state index in [9.17, 15) is 19.5 Å². The van der Waals surface area contributed by atoms with Crippen molar-refractivity contribution in [2.45, 2.75) is 59.5 Å². The van der Waals surface area contributed by atoms with Gasteiger partial charge in [0.15, 0.2) is 11.5 Å². The number of amides is 2. The van der Waals surface area contributed by atoms with Crippen molar-refractivity contribution in [2.24, 2.45) is 11.3 Å². The summed E-state index contributed by atoms with van der Waals surface area (Å²) in [4.78, 5) is 42.2. The first-order valence-corrected chi connectivity index (χ1v) is 14.7. The van der Waals surface area contributed by atoms with Crippen LogP contribution in [0.5, 0.6) is 11.5 Å². The molecule has 0 aliphatic carbocycles. The van der Waals surface area contributed by atoms with E-state index in [0.29, 0.717) is 72.4 Å². The van der Waals surface area contributed by atoms with E-state index in [0.717, 1.165) is 0 Å². The van der Waals surface area contributed by atoms with Gasteiger partial charge >= 0.3 is 5.97 Å². The monoisotopic (exact) mass is 602 g/mol. The SMILES string of the molecule is CCOC(=O)C1CCN(C(=O)CCC(=O)N(CC(C)(C)C)c2ccc(Cl)cc2C(O)c2cccc(OC)c2OC)CC1. The Bertz CT molecular complexity index is 1250.